The highest BCUT2D eigenvalue weighted by Gasteiger charge is 2.10. The lowest BCUT2D eigenvalue weighted by Gasteiger charge is -2.08. The number of hydrogen-bond acceptors (Lipinski definition) is 2. The fraction of sp³-hybridized carbons (Fsp3) is 0.182. The average molecular weight is 260 g/mol. The molecule has 86 valence electrons. The van der Waals surface area contributed by atoms with E-state index in [-0.39, 0.29) is 22.4 Å². The molecular weight excluding hydrogens is 249 g/mol. The lowest BCUT2D eigenvalue weighted by Crippen LogP contribution is -2.10. The highest BCUT2D eigenvalue weighted by atomic mass is 35.5. The fourth-order valence-electron chi connectivity index (χ4n) is 1.11. The van der Waals surface area contributed by atoms with E-state index in [9.17, 15) is 9.90 Å². The first-order valence-corrected chi connectivity index (χ1v) is 5.39. The van der Waals surface area contributed by atoms with Crippen LogP contribution in [0.3, 0.4) is 0 Å². The van der Waals surface area contributed by atoms with E-state index < -0.39 is 0 Å². The Balaban J connectivity index is 2.80. The van der Waals surface area contributed by atoms with E-state index in [2.05, 4.69) is 11.9 Å². The summed E-state index contributed by atoms with van der Waals surface area (Å²) in [4.78, 5) is 11.4. The molecule has 2 N–H and O–H groups in total. The topological polar surface area (TPSA) is 49.3 Å². The van der Waals surface area contributed by atoms with Crippen molar-refractivity contribution in [1.29, 1.82) is 0 Å². The molecule has 0 spiro atoms. The number of halogens is 2. The number of phenolic OH excluding ortho intramolecular Hbond substituents is 1. The summed E-state index contributed by atoms with van der Waals surface area (Å²) >= 11 is 11.5. The van der Waals surface area contributed by atoms with Crippen LogP contribution in [0.1, 0.15) is 12.8 Å². The maximum Gasteiger partial charge on any atom is 0.224 e. The summed E-state index contributed by atoms with van der Waals surface area (Å²) in [5, 5.41) is 12.5. The van der Waals surface area contributed by atoms with E-state index in [0.29, 0.717) is 17.9 Å². The van der Waals surface area contributed by atoms with Crippen molar-refractivity contribution in [2.45, 2.75) is 12.8 Å². The zero-order valence-corrected chi connectivity index (χ0v) is 9.98. The van der Waals surface area contributed by atoms with E-state index in [0.717, 1.165) is 0 Å². The van der Waals surface area contributed by atoms with Gasteiger partial charge in [-0.3, -0.25) is 4.79 Å². The molecule has 0 unspecified atom stereocenters. The Kier molecular flexibility index (Phi) is 4.65. The van der Waals surface area contributed by atoms with Crippen molar-refractivity contribution < 1.29 is 9.90 Å². The largest absolute Gasteiger partial charge is 0.504 e. The van der Waals surface area contributed by atoms with Crippen molar-refractivity contribution in [1.82, 2.24) is 0 Å². The van der Waals surface area contributed by atoms with Crippen LogP contribution in [-0.4, -0.2) is 11.0 Å². The molecule has 0 bridgehead atoms. The Morgan fingerprint density at radius 1 is 1.50 bits per heavy atom. The van der Waals surface area contributed by atoms with Gasteiger partial charge < -0.3 is 10.4 Å². The number of hydrogen-bond donors (Lipinski definition) is 2. The number of allylic oxidation sites excluding steroid dienone is 1. The van der Waals surface area contributed by atoms with Gasteiger partial charge in [0.25, 0.3) is 0 Å². The van der Waals surface area contributed by atoms with Crippen molar-refractivity contribution in [3.63, 3.8) is 0 Å². The minimum atomic E-state index is -0.228. The Bertz CT molecular complexity index is 419. The van der Waals surface area contributed by atoms with Crippen LogP contribution in [-0.2, 0) is 4.79 Å². The highest BCUT2D eigenvalue weighted by Crippen LogP contribution is 2.35. The zero-order valence-electron chi connectivity index (χ0n) is 8.46. The molecule has 5 heteroatoms. The van der Waals surface area contributed by atoms with Gasteiger partial charge in [-0.15, -0.1) is 6.58 Å². The molecule has 0 saturated heterocycles. The van der Waals surface area contributed by atoms with Crippen molar-refractivity contribution in [3.8, 4) is 5.75 Å². The minimum Gasteiger partial charge on any atom is -0.504 e. The van der Waals surface area contributed by atoms with Gasteiger partial charge in [0.05, 0.1) is 10.7 Å². The van der Waals surface area contributed by atoms with Gasteiger partial charge in [0, 0.05) is 11.4 Å². The molecule has 0 aliphatic heterocycles. The van der Waals surface area contributed by atoms with Gasteiger partial charge in [-0.05, 0) is 18.6 Å². The molecule has 0 aliphatic rings. The summed E-state index contributed by atoms with van der Waals surface area (Å²) in [7, 11) is 0. The molecule has 3 nitrogen and oxygen atoms in total. The Labute approximate surface area is 104 Å². The Morgan fingerprint density at radius 2 is 2.19 bits per heavy atom. The number of amides is 1. The molecule has 0 atom stereocenters. The van der Waals surface area contributed by atoms with E-state index in [4.69, 9.17) is 23.2 Å². The molecule has 0 aliphatic carbocycles. The number of anilines is 1. The van der Waals surface area contributed by atoms with Gasteiger partial charge in [-0.25, -0.2) is 0 Å². The molecule has 1 amide bonds. The third-order valence-corrected chi connectivity index (χ3v) is 2.38. The first-order chi connectivity index (χ1) is 7.54. The van der Waals surface area contributed by atoms with E-state index in [1.807, 2.05) is 0 Å². The molecule has 1 aromatic rings. The molecule has 0 fully saturated rings. The fourth-order valence-corrected chi connectivity index (χ4v) is 1.60. The summed E-state index contributed by atoms with van der Waals surface area (Å²) in [6.45, 7) is 3.51. The molecule has 0 radical (unpaired) electrons. The second kappa shape index (κ2) is 5.77. The van der Waals surface area contributed by atoms with Gasteiger partial charge in [-0.2, -0.15) is 0 Å². The highest BCUT2D eigenvalue weighted by molar-refractivity contribution is 6.36. The standard InChI is InChI=1S/C11H11Cl2NO2/c1-2-3-4-10(15)14-9-6-7(12)5-8(13)11(9)16/h2,5-6,16H,1,3-4H2,(H,14,15). The predicted octanol–water partition coefficient (Wildman–Crippen LogP) is 3.60. The third kappa shape index (κ3) is 3.43. The number of benzene rings is 1. The summed E-state index contributed by atoms with van der Waals surface area (Å²) in [5.74, 6) is -0.411. The average Bonchev–Trinajstić information content (AvgIpc) is 2.22. The molecule has 1 rings (SSSR count). The first-order valence-electron chi connectivity index (χ1n) is 4.63. The zero-order chi connectivity index (χ0) is 12.1. The molecule has 16 heavy (non-hydrogen) atoms. The number of carbonyl (C=O) groups is 1. The van der Waals surface area contributed by atoms with Crippen LogP contribution in [0, 0.1) is 0 Å². The normalized spacial score (nSPS) is 9.88. The lowest BCUT2D eigenvalue weighted by molar-refractivity contribution is -0.116. The maximum atomic E-state index is 11.4. The maximum absolute atomic E-state index is 11.4. The summed E-state index contributed by atoms with van der Waals surface area (Å²) in [5.41, 5.74) is 0.214. The van der Waals surface area contributed by atoms with Gasteiger partial charge >= 0.3 is 0 Å². The summed E-state index contributed by atoms with van der Waals surface area (Å²) in [6.07, 6.45) is 2.51. The molecule has 0 saturated carbocycles. The smallest absolute Gasteiger partial charge is 0.224 e. The van der Waals surface area contributed by atoms with Crippen LogP contribution in [0.15, 0.2) is 24.8 Å². The first kappa shape index (κ1) is 12.9. The second-order valence-electron chi connectivity index (χ2n) is 3.16. The molecular formula is C11H11Cl2NO2. The number of rotatable bonds is 4. The number of phenols is 1. The predicted molar refractivity (Wildman–Crippen MR) is 66.2 cm³/mol. The molecule has 1 aromatic carbocycles. The number of nitrogens with one attached hydrogen (secondary N) is 1. The van der Waals surface area contributed by atoms with Crippen LogP contribution in [0.4, 0.5) is 5.69 Å². The number of carbonyl (C=O) groups excluding carboxylic acids is 1. The van der Waals surface area contributed by atoms with Crippen LogP contribution in [0.5, 0.6) is 5.75 Å². The van der Waals surface area contributed by atoms with Gasteiger partial charge in [0.2, 0.25) is 5.91 Å². The van der Waals surface area contributed by atoms with E-state index in [1.54, 1.807) is 6.08 Å². The second-order valence-corrected chi connectivity index (χ2v) is 4.00. The third-order valence-electron chi connectivity index (χ3n) is 1.88. The molecule has 0 heterocycles. The van der Waals surface area contributed by atoms with Gasteiger partial charge in [-0.1, -0.05) is 29.3 Å². The quantitative estimate of drug-likeness (QED) is 0.641. The van der Waals surface area contributed by atoms with Crippen molar-refractivity contribution in [2.24, 2.45) is 0 Å². The van der Waals surface area contributed by atoms with E-state index >= 15 is 0 Å². The van der Waals surface area contributed by atoms with Crippen LogP contribution < -0.4 is 5.32 Å². The van der Waals surface area contributed by atoms with Crippen LogP contribution in [0.25, 0.3) is 0 Å². The van der Waals surface area contributed by atoms with Crippen LogP contribution >= 0.6 is 23.2 Å². The Morgan fingerprint density at radius 3 is 2.81 bits per heavy atom. The van der Waals surface area contributed by atoms with Crippen molar-refractivity contribution in [2.75, 3.05) is 5.32 Å². The SMILES string of the molecule is C=CCCC(=O)Nc1cc(Cl)cc(Cl)c1O. The monoisotopic (exact) mass is 259 g/mol. The molecule has 0 aromatic heterocycles. The van der Waals surface area contributed by atoms with Crippen LogP contribution in [0.2, 0.25) is 10.0 Å². The van der Waals surface area contributed by atoms with Crippen molar-refractivity contribution in [3.05, 3.63) is 34.8 Å². The minimum absolute atomic E-state index is 0.103. The van der Waals surface area contributed by atoms with E-state index in [1.165, 1.54) is 12.1 Å². The van der Waals surface area contributed by atoms with Crippen molar-refractivity contribution >= 4 is 34.8 Å². The number of aromatic hydroxyl groups is 1. The lowest BCUT2D eigenvalue weighted by atomic mass is 10.2. The van der Waals surface area contributed by atoms with Gasteiger partial charge in [0.15, 0.2) is 5.75 Å². The summed E-state index contributed by atoms with van der Waals surface area (Å²) < 4.78 is 0. The van der Waals surface area contributed by atoms with Gasteiger partial charge in [0.1, 0.15) is 0 Å². The Hall–Kier alpha value is -1.19. The summed E-state index contributed by atoms with van der Waals surface area (Å²) in [6, 6.07) is 2.84.